The van der Waals surface area contributed by atoms with Crippen LogP contribution >= 0.6 is 11.8 Å². The van der Waals surface area contributed by atoms with Gasteiger partial charge in [0.2, 0.25) is 0 Å². The molecule has 1 fully saturated rings. The van der Waals surface area contributed by atoms with Crippen LogP contribution in [0.4, 0.5) is 0 Å². The molecule has 0 aromatic heterocycles. The van der Waals surface area contributed by atoms with Crippen LogP contribution in [0.15, 0.2) is 0 Å². The molecule has 2 atom stereocenters. The molecule has 1 aliphatic carbocycles. The highest BCUT2D eigenvalue weighted by Crippen LogP contribution is 2.28. The standard InChI is InChI=1S/C11H23NOS/c1-2-14-11-7-4-3-6-10(11)12-8-5-9-13/h10-13H,2-9H2,1H3/t10-,11+/m0/s1. The molecule has 2 nitrogen and oxygen atoms in total. The number of aliphatic hydroxyl groups excluding tert-OH is 1. The molecule has 0 unspecified atom stereocenters. The smallest absolute Gasteiger partial charge is 0.0443 e. The van der Waals surface area contributed by atoms with Gasteiger partial charge >= 0.3 is 0 Å². The Hall–Kier alpha value is 0.270. The van der Waals surface area contributed by atoms with Crippen molar-refractivity contribution in [2.45, 2.75) is 50.3 Å². The maximum Gasteiger partial charge on any atom is 0.0443 e. The Morgan fingerprint density at radius 1 is 1.36 bits per heavy atom. The van der Waals surface area contributed by atoms with Gasteiger partial charge in [0.1, 0.15) is 0 Å². The summed E-state index contributed by atoms with van der Waals surface area (Å²) in [6.07, 6.45) is 6.35. The normalized spacial score (nSPS) is 27.9. The van der Waals surface area contributed by atoms with Crippen LogP contribution in [0.3, 0.4) is 0 Å². The summed E-state index contributed by atoms with van der Waals surface area (Å²) in [7, 11) is 0. The summed E-state index contributed by atoms with van der Waals surface area (Å²) in [5.41, 5.74) is 0. The topological polar surface area (TPSA) is 32.3 Å². The molecule has 1 saturated carbocycles. The van der Waals surface area contributed by atoms with E-state index in [9.17, 15) is 0 Å². The van der Waals surface area contributed by atoms with Crippen LogP contribution in [0.1, 0.15) is 39.0 Å². The van der Waals surface area contributed by atoms with Gasteiger partial charge in [-0.2, -0.15) is 11.8 Å². The lowest BCUT2D eigenvalue weighted by Crippen LogP contribution is -2.41. The fourth-order valence-corrected chi connectivity index (χ4v) is 3.34. The maximum absolute atomic E-state index is 8.72. The van der Waals surface area contributed by atoms with Gasteiger partial charge in [0.15, 0.2) is 0 Å². The van der Waals surface area contributed by atoms with Crippen molar-refractivity contribution in [3.05, 3.63) is 0 Å². The van der Waals surface area contributed by atoms with Crippen LogP contribution in [-0.4, -0.2) is 35.3 Å². The molecule has 2 N–H and O–H groups in total. The summed E-state index contributed by atoms with van der Waals surface area (Å²) in [5.74, 6) is 1.23. The highest BCUT2D eigenvalue weighted by atomic mass is 32.2. The monoisotopic (exact) mass is 217 g/mol. The predicted molar refractivity (Wildman–Crippen MR) is 63.9 cm³/mol. The van der Waals surface area contributed by atoms with Gasteiger partial charge in [-0.1, -0.05) is 19.8 Å². The first-order valence-electron chi connectivity index (χ1n) is 5.84. The summed E-state index contributed by atoms with van der Waals surface area (Å²) in [6, 6.07) is 0.695. The molecule has 0 aliphatic heterocycles. The molecule has 0 heterocycles. The van der Waals surface area contributed by atoms with Gasteiger partial charge in [0.05, 0.1) is 0 Å². The lowest BCUT2D eigenvalue weighted by molar-refractivity contribution is 0.278. The quantitative estimate of drug-likeness (QED) is 0.668. The van der Waals surface area contributed by atoms with Gasteiger partial charge in [-0.15, -0.1) is 0 Å². The third-order valence-electron chi connectivity index (χ3n) is 2.82. The molecular weight excluding hydrogens is 194 g/mol. The number of thioether (sulfide) groups is 1. The SMILES string of the molecule is CCS[C@@H]1CCCC[C@@H]1NCCCO. The lowest BCUT2D eigenvalue weighted by Gasteiger charge is -2.31. The molecule has 1 aliphatic rings. The van der Waals surface area contributed by atoms with Crippen LogP contribution in [0.25, 0.3) is 0 Å². The number of aliphatic hydroxyl groups is 1. The Kier molecular flexibility index (Phi) is 6.65. The van der Waals surface area contributed by atoms with E-state index in [1.54, 1.807) is 0 Å². The summed E-state index contributed by atoms with van der Waals surface area (Å²) < 4.78 is 0. The van der Waals surface area contributed by atoms with E-state index >= 15 is 0 Å². The van der Waals surface area contributed by atoms with Crippen molar-refractivity contribution in [3.8, 4) is 0 Å². The minimum Gasteiger partial charge on any atom is -0.396 e. The zero-order valence-corrected chi connectivity index (χ0v) is 9.98. The van der Waals surface area contributed by atoms with Gasteiger partial charge in [-0.3, -0.25) is 0 Å². The first-order chi connectivity index (χ1) is 6.88. The fourth-order valence-electron chi connectivity index (χ4n) is 2.11. The van der Waals surface area contributed by atoms with Crippen molar-refractivity contribution in [3.63, 3.8) is 0 Å². The Labute approximate surface area is 91.9 Å². The first-order valence-corrected chi connectivity index (χ1v) is 6.89. The van der Waals surface area contributed by atoms with Gasteiger partial charge in [0.25, 0.3) is 0 Å². The van der Waals surface area contributed by atoms with E-state index in [4.69, 9.17) is 5.11 Å². The maximum atomic E-state index is 8.72. The second kappa shape index (κ2) is 7.55. The van der Waals surface area contributed by atoms with Gasteiger partial charge < -0.3 is 10.4 Å². The van der Waals surface area contributed by atoms with Crippen LogP contribution < -0.4 is 5.32 Å². The highest BCUT2D eigenvalue weighted by molar-refractivity contribution is 7.99. The fraction of sp³-hybridized carbons (Fsp3) is 1.00. The van der Waals surface area contributed by atoms with Crippen molar-refractivity contribution >= 4 is 11.8 Å². The first kappa shape index (κ1) is 12.3. The summed E-state index contributed by atoms with van der Waals surface area (Å²) >= 11 is 2.09. The molecule has 0 amide bonds. The molecule has 3 heteroatoms. The highest BCUT2D eigenvalue weighted by Gasteiger charge is 2.23. The van der Waals surface area contributed by atoms with Crippen molar-refractivity contribution in [2.75, 3.05) is 18.9 Å². The van der Waals surface area contributed by atoms with Crippen molar-refractivity contribution in [1.29, 1.82) is 0 Å². The molecule has 14 heavy (non-hydrogen) atoms. The average Bonchev–Trinajstić information content (AvgIpc) is 2.21. The van der Waals surface area contributed by atoms with Gasteiger partial charge in [-0.05, 0) is 31.6 Å². The molecule has 0 spiro atoms. The van der Waals surface area contributed by atoms with E-state index in [1.807, 2.05) is 0 Å². The molecule has 0 radical (unpaired) electrons. The molecule has 1 rings (SSSR count). The zero-order chi connectivity index (χ0) is 10.2. The largest absolute Gasteiger partial charge is 0.396 e. The third kappa shape index (κ3) is 4.20. The lowest BCUT2D eigenvalue weighted by atomic mass is 9.95. The van der Waals surface area contributed by atoms with E-state index in [2.05, 4.69) is 24.0 Å². The summed E-state index contributed by atoms with van der Waals surface area (Å²) in [6.45, 7) is 3.53. The molecule has 0 aromatic carbocycles. The number of hydrogen-bond donors (Lipinski definition) is 2. The van der Waals surface area contributed by atoms with Crippen LogP contribution in [0, 0.1) is 0 Å². The second-order valence-corrected chi connectivity index (χ2v) is 5.43. The van der Waals surface area contributed by atoms with E-state index in [-0.39, 0.29) is 0 Å². The number of hydrogen-bond acceptors (Lipinski definition) is 3. The predicted octanol–water partition coefficient (Wildman–Crippen LogP) is 2.02. The van der Waals surface area contributed by atoms with Crippen molar-refractivity contribution in [2.24, 2.45) is 0 Å². The molecular formula is C11H23NOS. The Balaban J connectivity index is 2.22. The van der Waals surface area contributed by atoms with Crippen LogP contribution in [0.2, 0.25) is 0 Å². The zero-order valence-electron chi connectivity index (χ0n) is 9.17. The number of nitrogens with one attached hydrogen (secondary N) is 1. The van der Waals surface area contributed by atoms with E-state index in [0.29, 0.717) is 12.6 Å². The summed E-state index contributed by atoms with van der Waals surface area (Å²) in [4.78, 5) is 0. The van der Waals surface area contributed by atoms with Gasteiger partial charge in [0, 0.05) is 17.9 Å². The van der Waals surface area contributed by atoms with Crippen molar-refractivity contribution < 1.29 is 5.11 Å². The Bertz CT molecular complexity index is 141. The minimum absolute atomic E-state index is 0.311. The molecule has 84 valence electrons. The average molecular weight is 217 g/mol. The van der Waals surface area contributed by atoms with E-state index in [0.717, 1.165) is 18.2 Å². The molecule has 0 bridgehead atoms. The number of rotatable bonds is 6. The van der Waals surface area contributed by atoms with E-state index < -0.39 is 0 Å². The summed E-state index contributed by atoms with van der Waals surface area (Å²) in [5, 5.41) is 13.1. The van der Waals surface area contributed by atoms with Crippen LogP contribution in [0.5, 0.6) is 0 Å². The van der Waals surface area contributed by atoms with E-state index in [1.165, 1.54) is 31.4 Å². The van der Waals surface area contributed by atoms with Crippen molar-refractivity contribution in [1.82, 2.24) is 5.32 Å². The Morgan fingerprint density at radius 2 is 2.14 bits per heavy atom. The van der Waals surface area contributed by atoms with Gasteiger partial charge in [-0.25, -0.2) is 0 Å². The molecule has 0 saturated heterocycles. The second-order valence-electron chi connectivity index (χ2n) is 3.92. The third-order valence-corrected chi connectivity index (χ3v) is 4.15. The Morgan fingerprint density at radius 3 is 2.86 bits per heavy atom. The molecule has 0 aromatic rings. The minimum atomic E-state index is 0.311. The van der Waals surface area contributed by atoms with Crippen LogP contribution in [-0.2, 0) is 0 Å².